The summed E-state index contributed by atoms with van der Waals surface area (Å²) in [6.45, 7) is 2.21. The number of hydrogen-bond acceptors (Lipinski definition) is 0. The van der Waals surface area contributed by atoms with E-state index in [1.165, 1.54) is 6.42 Å². The molecule has 3 heteroatoms. The minimum absolute atomic E-state index is 0.433. The lowest BCUT2D eigenvalue weighted by Gasteiger charge is -2.33. The zero-order chi connectivity index (χ0) is 12.2. The molecule has 1 saturated carbocycles. The largest absolute Gasteiger partial charge is 0.0848 e. The highest BCUT2D eigenvalue weighted by atomic mass is 36.0. The van der Waals surface area contributed by atoms with Gasteiger partial charge in [0.2, 0.25) is 0 Å². The van der Waals surface area contributed by atoms with E-state index in [2.05, 4.69) is 31.2 Å². The predicted molar refractivity (Wildman–Crippen MR) is 79.6 cm³/mol. The van der Waals surface area contributed by atoms with Gasteiger partial charge in [0.05, 0.1) is 0 Å². The SMILES string of the molecule is C[C@H](CC1C=CC2C3C=CC(C3)C12)S(C)(Cl)Cl. The minimum Gasteiger partial charge on any atom is -0.0848 e. The van der Waals surface area contributed by atoms with Gasteiger partial charge in [0.1, 0.15) is 0 Å². The second kappa shape index (κ2) is 4.21. The van der Waals surface area contributed by atoms with Crippen LogP contribution in [0.15, 0.2) is 24.3 Å². The topological polar surface area (TPSA) is 0 Å². The van der Waals surface area contributed by atoms with Crippen LogP contribution in [0.5, 0.6) is 0 Å². The molecule has 0 heterocycles. The second-order valence-corrected chi connectivity index (χ2v) is 12.7. The fourth-order valence-electron chi connectivity index (χ4n) is 3.96. The summed E-state index contributed by atoms with van der Waals surface area (Å²) in [7, 11) is 11.1. The molecular formula is C14H20Cl2S. The Hall–Kier alpha value is 0.410. The van der Waals surface area contributed by atoms with Gasteiger partial charge < -0.3 is 0 Å². The van der Waals surface area contributed by atoms with Crippen molar-refractivity contribution >= 4 is 29.8 Å². The number of halogens is 2. The maximum Gasteiger partial charge on any atom is 0.0119 e. The van der Waals surface area contributed by atoms with Gasteiger partial charge in [-0.3, -0.25) is 0 Å². The molecule has 0 radical (unpaired) electrons. The fourth-order valence-corrected chi connectivity index (χ4v) is 4.96. The van der Waals surface area contributed by atoms with Crippen LogP contribution in [0.3, 0.4) is 0 Å². The third kappa shape index (κ3) is 2.09. The van der Waals surface area contributed by atoms with Crippen molar-refractivity contribution in [1.82, 2.24) is 0 Å². The maximum atomic E-state index is 6.29. The van der Waals surface area contributed by atoms with E-state index < -0.39 is 8.46 Å². The predicted octanol–water partition coefficient (Wildman–Crippen LogP) is 5.13. The van der Waals surface area contributed by atoms with E-state index in [4.69, 9.17) is 21.4 Å². The maximum absolute atomic E-state index is 6.29. The van der Waals surface area contributed by atoms with Crippen LogP contribution in [0.4, 0.5) is 0 Å². The molecule has 6 atom stereocenters. The van der Waals surface area contributed by atoms with Crippen molar-refractivity contribution in [3.05, 3.63) is 24.3 Å². The summed E-state index contributed by atoms with van der Waals surface area (Å²) in [6.07, 6.45) is 14.3. The Labute approximate surface area is 115 Å². The van der Waals surface area contributed by atoms with Crippen molar-refractivity contribution in [1.29, 1.82) is 0 Å². The molecular weight excluding hydrogens is 271 g/mol. The van der Waals surface area contributed by atoms with Crippen LogP contribution < -0.4 is 0 Å². The van der Waals surface area contributed by atoms with Crippen LogP contribution in [0.1, 0.15) is 19.8 Å². The standard InChI is InChI=1S/C14H20Cl2S/c1-9(17(2,15)16)7-11-5-6-13-10-3-4-12(8-10)14(11)13/h3-6,9-14H,7-8H2,1-2H3/t9-,10?,11?,12?,13?,14?/m1/s1. The molecule has 0 saturated heterocycles. The Morgan fingerprint density at radius 3 is 2.59 bits per heavy atom. The summed E-state index contributed by atoms with van der Waals surface area (Å²) in [5.41, 5.74) is 0. The van der Waals surface area contributed by atoms with Crippen molar-refractivity contribution in [3.63, 3.8) is 0 Å². The van der Waals surface area contributed by atoms with Gasteiger partial charge in [0.15, 0.2) is 0 Å². The van der Waals surface area contributed by atoms with Crippen LogP contribution in [0.2, 0.25) is 0 Å². The Kier molecular flexibility index (Phi) is 3.08. The van der Waals surface area contributed by atoms with Crippen molar-refractivity contribution in [2.24, 2.45) is 29.6 Å². The zero-order valence-corrected chi connectivity index (χ0v) is 12.7. The Morgan fingerprint density at radius 2 is 1.88 bits per heavy atom. The van der Waals surface area contributed by atoms with Gasteiger partial charge in [-0.25, -0.2) is 0 Å². The molecule has 0 N–H and O–H groups in total. The van der Waals surface area contributed by atoms with Gasteiger partial charge >= 0.3 is 0 Å². The third-order valence-corrected chi connectivity index (χ3v) is 8.40. The molecule has 0 aromatic heterocycles. The number of rotatable bonds is 3. The van der Waals surface area contributed by atoms with Crippen molar-refractivity contribution in [2.75, 3.05) is 6.26 Å². The molecule has 3 rings (SSSR count). The smallest absolute Gasteiger partial charge is 0.0119 e. The zero-order valence-electron chi connectivity index (χ0n) is 10.4. The summed E-state index contributed by atoms with van der Waals surface area (Å²) >= 11 is 0. The van der Waals surface area contributed by atoms with Crippen molar-refractivity contribution < 1.29 is 0 Å². The lowest BCUT2D eigenvalue weighted by molar-refractivity contribution is 0.297. The molecule has 2 bridgehead atoms. The van der Waals surface area contributed by atoms with Gasteiger partial charge in [-0.15, -0.1) is 0 Å². The first-order valence-corrected chi connectivity index (χ1v) is 10.3. The van der Waals surface area contributed by atoms with Crippen LogP contribution in [0, 0.1) is 29.6 Å². The van der Waals surface area contributed by atoms with Crippen LogP contribution in [-0.4, -0.2) is 11.5 Å². The summed E-state index contributed by atoms with van der Waals surface area (Å²) in [4.78, 5) is 0. The van der Waals surface area contributed by atoms with Gasteiger partial charge in [-0.2, -0.15) is 0 Å². The van der Waals surface area contributed by atoms with E-state index >= 15 is 0 Å². The monoisotopic (exact) mass is 290 g/mol. The average molecular weight is 291 g/mol. The van der Waals surface area contributed by atoms with E-state index in [0.717, 1.165) is 30.1 Å². The molecule has 96 valence electrons. The third-order valence-electron chi connectivity index (χ3n) is 4.97. The molecule has 1 fully saturated rings. The van der Waals surface area contributed by atoms with Crippen LogP contribution >= 0.6 is 29.8 Å². The van der Waals surface area contributed by atoms with Crippen LogP contribution in [-0.2, 0) is 0 Å². The number of hydrogen-bond donors (Lipinski definition) is 0. The van der Waals surface area contributed by atoms with E-state index in [9.17, 15) is 0 Å². The quantitative estimate of drug-likeness (QED) is 0.632. The minimum atomic E-state index is -1.44. The Balaban J connectivity index is 1.70. The highest BCUT2D eigenvalue weighted by Gasteiger charge is 2.48. The molecule has 0 amide bonds. The lowest BCUT2D eigenvalue weighted by Crippen LogP contribution is -2.23. The van der Waals surface area contributed by atoms with Crippen molar-refractivity contribution in [3.8, 4) is 0 Å². The first-order chi connectivity index (χ1) is 7.97. The van der Waals surface area contributed by atoms with Gasteiger partial charge in [0, 0.05) is 5.25 Å². The molecule has 3 aliphatic rings. The molecule has 5 unspecified atom stereocenters. The first-order valence-electron chi connectivity index (χ1n) is 6.50. The average Bonchev–Trinajstić information content (AvgIpc) is 2.87. The van der Waals surface area contributed by atoms with E-state index in [1.807, 2.05) is 6.26 Å². The van der Waals surface area contributed by atoms with E-state index in [1.54, 1.807) is 0 Å². The number of allylic oxidation sites excluding steroid dienone is 4. The second-order valence-electron chi connectivity index (χ2n) is 5.98. The van der Waals surface area contributed by atoms with Crippen molar-refractivity contribution in [2.45, 2.75) is 25.0 Å². The summed E-state index contributed by atoms with van der Waals surface area (Å²) in [5.74, 6) is 4.02. The van der Waals surface area contributed by atoms with E-state index in [-0.39, 0.29) is 0 Å². The fraction of sp³-hybridized carbons (Fsp3) is 0.714. The molecule has 17 heavy (non-hydrogen) atoms. The van der Waals surface area contributed by atoms with Crippen LogP contribution in [0.25, 0.3) is 0 Å². The molecule has 3 aliphatic carbocycles. The lowest BCUT2D eigenvalue weighted by atomic mass is 9.78. The molecule has 0 aromatic carbocycles. The first kappa shape index (κ1) is 12.4. The summed E-state index contributed by atoms with van der Waals surface area (Å²) < 4.78 is 0. The Bertz CT molecular complexity index is 369. The van der Waals surface area contributed by atoms with Gasteiger partial charge in [-0.1, -0.05) is 61.0 Å². The molecule has 0 spiro atoms. The molecule has 0 nitrogen and oxygen atoms in total. The van der Waals surface area contributed by atoms with Gasteiger partial charge in [-0.05, 0) is 48.7 Å². The Morgan fingerprint density at radius 1 is 1.18 bits per heavy atom. The summed E-state index contributed by atoms with van der Waals surface area (Å²) in [6, 6.07) is 0. The van der Waals surface area contributed by atoms with E-state index in [0.29, 0.717) is 11.2 Å². The highest BCUT2D eigenvalue weighted by molar-refractivity contribution is 8.65. The highest BCUT2D eigenvalue weighted by Crippen LogP contribution is 2.62. The summed E-state index contributed by atoms with van der Waals surface area (Å²) in [5, 5.41) is 0.433. The normalized spacial score (nSPS) is 45.3. The molecule has 0 aliphatic heterocycles. The number of fused-ring (bicyclic) bond motifs is 5. The van der Waals surface area contributed by atoms with Gasteiger partial charge in [0.25, 0.3) is 0 Å². The molecule has 0 aromatic rings.